The molecule has 0 fully saturated rings. The monoisotopic (exact) mass is 320 g/mol. The third kappa shape index (κ3) is 6.82. The van der Waals surface area contributed by atoms with Crippen LogP contribution in [0.15, 0.2) is 24.3 Å². The average Bonchev–Trinajstić information content (AvgIpc) is 2.46. The lowest BCUT2D eigenvalue weighted by atomic mass is 10.1. The maximum atomic E-state index is 12.2. The number of nitrogens with one attached hydrogen (secondary N) is 1. The largest absolute Gasteiger partial charge is 0.462 e. The Morgan fingerprint density at radius 1 is 1.22 bits per heavy atom. The number of amides is 1. The third-order valence-electron chi connectivity index (χ3n) is 3.33. The maximum absolute atomic E-state index is 12.2. The van der Waals surface area contributed by atoms with Crippen LogP contribution in [0.3, 0.4) is 0 Å². The summed E-state index contributed by atoms with van der Waals surface area (Å²) in [5, 5.41) is 2.85. The van der Waals surface area contributed by atoms with E-state index in [1.54, 1.807) is 31.2 Å². The molecule has 0 bridgehead atoms. The van der Waals surface area contributed by atoms with Crippen LogP contribution >= 0.6 is 0 Å². The summed E-state index contributed by atoms with van der Waals surface area (Å²) in [5.74, 6) is 0.0323. The first-order valence-electron chi connectivity index (χ1n) is 8.14. The molecule has 0 radical (unpaired) electrons. The van der Waals surface area contributed by atoms with Crippen molar-refractivity contribution in [2.45, 2.75) is 40.7 Å². The van der Waals surface area contributed by atoms with Crippen LogP contribution in [0.25, 0.3) is 0 Å². The lowest BCUT2D eigenvalue weighted by Crippen LogP contribution is -2.40. The molecule has 0 aliphatic heterocycles. The zero-order valence-corrected chi connectivity index (χ0v) is 14.8. The molecule has 1 aromatic carbocycles. The molecule has 0 aliphatic rings. The van der Waals surface area contributed by atoms with Crippen molar-refractivity contribution in [1.82, 2.24) is 4.90 Å². The quantitative estimate of drug-likeness (QED) is 0.748. The Bertz CT molecular complexity index is 527. The van der Waals surface area contributed by atoms with Crippen LogP contribution in [0, 0.1) is 5.92 Å². The van der Waals surface area contributed by atoms with Gasteiger partial charge in [0, 0.05) is 18.3 Å². The number of hydrogen-bond donors (Lipinski definition) is 1. The van der Waals surface area contributed by atoms with E-state index in [4.69, 9.17) is 4.74 Å². The zero-order valence-electron chi connectivity index (χ0n) is 14.8. The highest BCUT2D eigenvalue weighted by atomic mass is 16.5. The number of anilines is 1. The van der Waals surface area contributed by atoms with Crippen LogP contribution < -0.4 is 5.32 Å². The molecule has 0 atom stereocenters. The second-order valence-corrected chi connectivity index (χ2v) is 6.27. The Balaban J connectivity index is 2.69. The van der Waals surface area contributed by atoms with Crippen LogP contribution in [0.5, 0.6) is 0 Å². The van der Waals surface area contributed by atoms with Gasteiger partial charge in [-0.05, 0) is 44.9 Å². The smallest absolute Gasteiger partial charge is 0.338 e. The van der Waals surface area contributed by atoms with Crippen molar-refractivity contribution in [2.75, 3.05) is 25.0 Å². The van der Waals surface area contributed by atoms with Crippen molar-refractivity contribution in [2.24, 2.45) is 5.92 Å². The summed E-state index contributed by atoms with van der Waals surface area (Å²) >= 11 is 0. The molecule has 1 amide bonds. The SMILES string of the molecule is CCOC(=O)c1cccc(NC(=O)CN(CC(C)C)C(C)C)c1. The lowest BCUT2D eigenvalue weighted by molar-refractivity contribution is -0.117. The molecule has 0 heterocycles. The summed E-state index contributed by atoms with van der Waals surface area (Å²) < 4.78 is 4.97. The molecular formula is C18H28N2O3. The molecule has 0 aliphatic carbocycles. The summed E-state index contributed by atoms with van der Waals surface area (Å²) in [6.45, 7) is 11.7. The maximum Gasteiger partial charge on any atom is 0.338 e. The van der Waals surface area contributed by atoms with Crippen molar-refractivity contribution in [3.8, 4) is 0 Å². The van der Waals surface area contributed by atoms with Crippen molar-refractivity contribution >= 4 is 17.6 Å². The van der Waals surface area contributed by atoms with Gasteiger partial charge in [0.1, 0.15) is 0 Å². The number of hydrogen-bond acceptors (Lipinski definition) is 4. The summed E-state index contributed by atoms with van der Waals surface area (Å²) in [5.41, 5.74) is 1.04. The highest BCUT2D eigenvalue weighted by Gasteiger charge is 2.16. The van der Waals surface area contributed by atoms with E-state index in [2.05, 4.69) is 37.9 Å². The highest BCUT2D eigenvalue weighted by molar-refractivity contribution is 5.95. The van der Waals surface area contributed by atoms with Gasteiger partial charge in [0.05, 0.1) is 18.7 Å². The summed E-state index contributed by atoms with van der Waals surface area (Å²) in [6, 6.07) is 7.11. The van der Waals surface area contributed by atoms with Gasteiger partial charge in [0.2, 0.25) is 5.91 Å². The van der Waals surface area contributed by atoms with E-state index in [0.29, 0.717) is 36.4 Å². The second kappa shape index (κ2) is 9.30. The Kier molecular flexibility index (Phi) is 7.75. The van der Waals surface area contributed by atoms with Crippen molar-refractivity contribution in [3.05, 3.63) is 29.8 Å². The number of benzene rings is 1. The normalized spacial score (nSPS) is 11.1. The molecule has 23 heavy (non-hydrogen) atoms. The second-order valence-electron chi connectivity index (χ2n) is 6.27. The standard InChI is InChI=1S/C18H28N2O3/c1-6-23-18(22)15-8-7-9-16(10-15)19-17(21)12-20(14(4)5)11-13(2)3/h7-10,13-14H,6,11-12H2,1-5H3,(H,19,21). The summed E-state index contributed by atoms with van der Waals surface area (Å²) in [6.07, 6.45) is 0. The number of carbonyl (C=O) groups is 2. The fourth-order valence-electron chi connectivity index (χ4n) is 2.25. The molecule has 5 nitrogen and oxygen atoms in total. The van der Waals surface area contributed by atoms with E-state index in [1.807, 2.05) is 0 Å². The average molecular weight is 320 g/mol. The first kappa shape index (κ1) is 19.2. The molecule has 128 valence electrons. The Labute approximate surface area is 139 Å². The van der Waals surface area contributed by atoms with Gasteiger partial charge < -0.3 is 10.1 Å². The molecule has 5 heteroatoms. The van der Waals surface area contributed by atoms with Crippen LogP contribution in [0.1, 0.15) is 45.0 Å². The number of carbonyl (C=O) groups excluding carboxylic acids is 2. The zero-order chi connectivity index (χ0) is 17.4. The van der Waals surface area contributed by atoms with Crippen molar-refractivity contribution < 1.29 is 14.3 Å². The van der Waals surface area contributed by atoms with Gasteiger partial charge >= 0.3 is 5.97 Å². The molecule has 0 saturated heterocycles. The van der Waals surface area contributed by atoms with Gasteiger partial charge in [-0.25, -0.2) is 4.79 Å². The van der Waals surface area contributed by atoms with Gasteiger partial charge in [-0.1, -0.05) is 19.9 Å². The number of rotatable bonds is 8. The molecular weight excluding hydrogens is 292 g/mol. The summed E-state index contributed by atoms with van der Waals surface area (Å²) in [7, 11) is 0. The molecule has 0 aromatic heterocycles. The van der Waals surface area contributed by atoms with E-state index in [0.717, 1.165) is 6.54 Å². The topological polar surface area (TPSA) is 58.6 Å². The van der Waals surface area contributed by atoms with Gasteiger partial charge in [0.25, 0.3) is 0 Å². The fourth-order valence-corrected chi connectivity index (χ4v) is 2.25. The van der Waals surface area contributed by atoms with Gasteiger partial charge in [-0.3, -0.25) is 9.69 Å². The number of nitrogens with zero attached hydrogens (tertiary/aromatic N) is 1. The fraction of sp³-hybridized carbons (Fsp3) is 0.556. The molecule has 0 unspecified atom stereocenters. The minimum Gasteiger partial charge on any atom is -0.462 e. The molecule has 0 saturated carbocycles. The van der Waals surface area contributed by atoms with Crippen LogP contribution in [-0.4, -0.2) is 42.5 Å². The molecule has 0 spiro atoms. The third-order valence-corrected chi connectivity index (χ3v) is 3.33. The van der Waals surface area contributed by atoms with Crippen LogP contribution in [-0.2, 0) is 9.53 Å². The number of ether oxygens (including phenoxy) is 1. The van der Waals surface area contributed by atoms with Gasteiger partial charge in [0.15, 0.2) is 0 Å². The predicted octanol–water partition coefficient (Wildman–Crippen LogP) is 3.17. The van der Waals surface area contributed by atoms with Crippen LogP contribution in [0.2, 0.25) is 0 Å². The first-order valence-corrected chi connectivity index (χ1v) is 8.14. The molecule has 1 N–H and O–H groups in total. The number of esters is 1. The van der Waals surface area contributed by atoms with E-state index < -0.39 is 0 Å². The predicted molar refractivity (Wildman–Crippen MR) is 92.6 cm³/mol. The van der Waals surface area contributed by atoms with E-state index in [-0.39, 0.29) is 11.9 Å². The lowest BCUT2D eigenvalue weighted by Gasteiger charge is -2.27. The Morgan fingerprint density at radius 3 is 2.48 bits per heavy atom. The summed E-state index contributed by atoms with van der Waals surface area (Å²) in [4.78, 5) is 26.1. The first-order chi connectivity index (χ1) is 10.8. The van der Waals surface area contributed by atoms with E-state index in [9.17, 15) is 9.59 Å². The molecule has 1 aromatic rings. The van der Waals surface area contributed by atoms with Gasteiger partial charge in [-0.2, -0.15) is 0 Å². The van der Waals surface area contributed by atoms with Crippen molar-refractivity contribution in [3.63, 3.8) is 0 Å². The molecule has 1 rings (SSSR count). The Morgan fingerprint density at radius 2 is 1.91 bits per heavy atom. The minimum atomic E-state index is -0.382. The highest BCUT2D eigenvalue weighted by Crippen LogP contribution is 2.12. The Hall–Kier alpha value is -1.88. The van der Waals surface area contributed by atoms with E-state index in [1.165, 1.54) is 0 Å². The minimum absolute atomic E-state index is 0.0830. The van der Waals surface area contributed by atoms with Crippen molar-refractivity contribution in [1.29, 1.82) is 0 Å². The van der Waals surface area contributed by atoms with Crippen LogP contribution in [0.4, 0.5) is 5.69 Å². The van der Waals surface area contributed by atoms with E-state index >= 15 is 0 Å². The van der Waals surface area contributed by atoms with Gasteiger partial charge in [-0.15, -0.1) is 0 Å².